The fourth-order valence-electron chi connectivity index (χ4n) is 3.54. The van der Waals surface area contributed by atoms with Crippen molar-refractivity contribution in [3.8, 4) is 11.1 Å². The van der Waals surface area contributed by atoms with Crippen molar-refractivity contribution in [2.45, 2.75) is 27.7 Å². The Balaban J connectivity index is 1.48. The van der Waals surface area contributed by atoms with Crippen LogP contribution in [0.2, 0.25) is 0 Å². The van der Waals surface area contributed by atoms with Crippen molar-refractivity contribution >= 4 is 23.2 Å². The molecule has 146 valence electrons. The summed E-state index contributed by atoms with van der Waals surface area (Å²) in [4.78, 5) is 24.0. The van der Waals surface area contributed by atoms with E-state index in [1.165, 1.54) is 0 Å². The first-order valence-corrected chi connectivity index (χ1v) is 9.53. The van der Waals surface area contributed by atoms with Crippen molar-refractivity contribution in [2.75, 3.05) is 23.1 Å². The van der Waals surface area contributed by atoms with Gasteiger partial charge in [-0.3, -0.25) is 30.5 Å². The van der Waals surface area contributed by atoms with Gasteiger partial charge in [0.2, 0.25) is 11.8 Å². The Morgan fingerprint density at radius 1 is 0.643 bits per heavy atom. The molecular weight excluding hydrogens is 352 g/mol. The Labute approximate surface area is 165 Å². The lowest BCUT2D eigenvalue weighted by atomic mass is 9.94. The number of hydrogen-bond donors (Lipinski definition) is 2. The number of hydrazine groups is 2. The minimum atomic E-state index is -0.381. The molecule has 0 saturated carbocycles. The van der Waals surface area contributed by atoms with Crippen LogP contribution in [0.3, 0.4) is 0 Å². The lowest BCUT2D eigenvalue weighted by Crippen LogP contribution is -2.33. The van der Waals surface area contributed by atoms with Gasteiger partial charge in [-0.05, 0) is 63.1 Å². The number of nitrogens with one attached hydrogen (secondary N) is 2. The Bertz CT molecular complexity index is 839. The van der Waals surface area contributed by atoms with Crippen LogP contribution in [0, 0.1) is 10.8 Å². The highest BCUT2D eigenvalue weighted by molar-refractivity contribution is 5.88. The number of hydrogen-bond acceptors (Lipinski definition) is 4. The largest absolute Gasteiger partial charge is 0.284 e. The second-order valence-corrected chi connectivity index (χ2v) is 8.92. The highest BCUT2D eigenvalue weighted by Gasteiger charge is 2.38. The van der Waals surface area contributed by atoms with E-state index in [1.54, 1.807) is 0 Å². The first-order chi connectivity index (χ1) is 13.2. The topological polar surface area (TPSA) is 64.7 Å². The molecule has 6 nitrogen and oxygen atoms in total. The van der Waals surface area contributed by atoms with Crippen LogP contribution in [0.25, 0.3) is 11.1 Å². The molecule has 2 saturated heterocycles. The minimum Gasteiger partial charge on any atom is -0.284 e. The average Bonchev–Trinajstić information content (AvgIpc) is 3.09. The normalized spacial score (nSPS) is 20.3. The fourth-order valence-corrected chi connectivity index (χ4v) is 3.54. The van der Waals surface area contributed by atoms with Gasteiger partial charge in [0.15, 0.2) is 0 Å². The van der Waals surface area contributed by atoms with Gasteiger partial charge >= 0.3 is 0 Å². The summed E-state index contributed by atoms with van der Waals surface area (Å²) in [6.45, 7) is 9.09. The molecule has 0 aromatic heterocycles. The smallest absolute Gasteiger partial charge is 0.246 e. The summed E-state index contributed by atoms with van der Waals surface area (Å²) in [5, 5.41) is 3.79. The average molecular weight is 378 g/mol. The molecule has 4 rings (SSSR count). The van der Waals surface area contributed by atoms with Gasteiger partial charge in [-0.1, -0.05) is 24.3 Å². The molecule has 2 aliphatic rings. The quantitative estimate of drug-likeness (QED) is 0.861. The van der Waals surface area contributed by atoms with Crippen molar-refractivity contribution in [2.24, 2.45) is 10.8 Å². The standard InChI is InChI=1S/C22H26N4O2/c1-21(2)13-25(23-19(21)27)17-9-5-15(6-10-17)16-7-11-18(12-8-16)26-14-22(3,4)20(28)24-26/h5-12H,13-14H2,1-4H3,(H,23,27)(H,24,28). The summed E-state index contributed by atoms with van der Waals surface area (Å²) in [5.41, 5.74) is 9.24. The van der Waals surface area contributed by atoms with Crippen molar-refractivity contribution in [3.63, 3.8) is 0 Å². The van der Waals surface area contributed by atoms with Gasteiger partial charge in [-0.2, -0.15) is 0 Å². The molecule has 0 bridgehead atoms. The SMILES string of the molecule is CC1(C)CN(c2ccc(-c3ccc(N4CC(C)(C)C(=O)N4)cc3)cc2)NC1=O. The van der Waals surface area contributed by atoms with Crippen LogP contribution < -0.4 is 20.9 Å². The third-order valence-electron chi connectivity index (χ3n) is 5.50. The maximum Gasteiger partial charge on any atom is 0.246 e. The van der Waals surface area contributed by atoms with E-state index in [-0.39, 0.29) is 22.6 Å². The van der Waals surface area contributed by atoms with Gasteiger partial charge in [-0.15, -0.1) is 0 Å². The molecule has 2 aromatic carbocycles. The van der Waals surface area contributed by atoms with E-state index in [2.05, 4.69) is 35.1 Å². The third kappa shape index (κ3) is 3.19. The van der Waals surface area contributed by atoms with Crippen LogP contribution in [-0.2, 0) is 9.59 Å². The number of carbonyl (C=O) groups excluding carboxylic acids is 2. The third-order valence-corrected chi connectivity index (χ3v) is 5.50. The van der Waals surface area contributed by atoms with Crippen LogP contribution >= 0.6 is 0 Å². The van der Waals surface area contributed by atoms with Crippen LogP contribution in [0.1, 0.15) is 27.7 Å². The number of carbonyl (C=O) groups is 2. The van der Waals surface area contributed by atoms with E-state index < -0.39 is 0 Å². The van der Waals surface area contributed by atoms with Crippen molar-refractivity contribution in [1.29, 1.82) is 0 Å². The number of nitrogens with zero attached hydrogens (tertiary/aromatic N) is 2. The molecule has 28 heavy (non-hydrogen) atoms. The molecular formula is C22H26N4O2. The maximum absolute atomic E-state index is 12.0. The summed E-state index contributed by atoms with van der Waals surface area (Å²) >= 11 is 0. The molecule has 2 aliphatic heterocycles. The van der Waals surface area contributed by atoms with E-state index in [1.807, 2.05) is 62.0 Å². The summed E-state index contributed by atoms with van der Waals surface area (Å²) in [6, 6.07) is 16.3. The van der Waals surface area contributed by atoms with Crippen molar-refractivity contribution < 1.29 is 9.59 Å². The first-order valence-electron chi connectivity index (χ1n) is 9.53. The van der Waals surface area contributed by atoms with Gasteiger partial charge in [0.25, 0.3) is 0 Å². The molecule has 0 spiro atoms. The Hall–Kier alpha value is -3.02. The zero-order valence-electron chi connectivity index (χ0n) is 16.7. The van der Waals surface area contributed by atoms with E-state index in [0.717, 1.165) is 22.5 Å². The van der Waals surface area contributed by atoms with Crippen molar-refractivity contribution in [3.05, 3.63) is 48.5 Å². The number of rotatable bonds is 3. The van der Waals surface area contributed by atoms with Crippen molar-refractivity contribution in [1.82, 2.24) is 10.9 Å². The summed E-state index contributed by atoms with van der Waals surface area (Å²) in [7, 11) is 0. The van der Waals surface area contributed by atoms with Gasteiger partial charge in [0, 0.05) is 0 Å². The molecule has 2 heterocycles. The monoisotopic (exact) mass is 378 g/mol. The molecule has 2 amide bonds. The molecule has 0 atom stereocenters. The Kier molecular flexibility index (Phi) is 4.10. The lowest BCUT2D eigenvalue weighted by molar-refractivity contribution is -0.126. The summed E-state index contributed by atoms with van der Waals surface area (Å²) in [6.07, 6.45) is 0. The molecule has 0 radical (unpaired) electrons. The van der Waals surface area contributed by atoms with Gasteiger partial charge in [0.05, 0.1) is 35.3 Å². The Morgan fingerprint density at radius 3 is 1.21 bits per heavy atom. The predicted molar refractivity (Wildman–Crippen MR) is 110 cm³/mol. The van der Waals surface area contributed by atoms with Gasteiger partial charge in [-0.25, -0.2) is 0 Å². The van der Waals surface area contributed by atoms with Gasteiger partial charge < -0.3 is 0 Å². The fraction of sp³-hybridized carbons (Fsp3) is 0.364. The molecule has 2 N–H and O–H groups in total. The zero-order valence-corrected chi connectivity index (χ0v) is 16.7. The molecule has 6 heteroatoms. The summed E-state index contributed by atoms with van der Waals surface area (Å²) in [5.74, 6) is 0.0914. The van der Waals surface area contributed by atoms with Gasteiger partial charge in [0.1, 0.15) is 0 Å². The van der Waals surface area contributed by atoms with E-state index >= 15 is 0 Å². The molecule has 0 unspecified atom stereocenters. The van der Waals surface area contributed by atoms with Crippen LogP contribution in [0.4, 0.5) is 11.4 Å². The van der Waals surface area contributed by atoms with Crippen LogP contribution in [0.5, 0.6) is 0 Å². The number of amides is 2. The number of anilines is 2. The molecule has 2 aromatic rings. The van der Waals surface area contributed by atoms with E-state index in [4.69, 9.17) is 0 Å². The summed E-state index contributed by atoms with van der Waals surface area (Å²) < 4.78 is 0. The molecule has 0 aliphatic carbocycles. The highest BCUT2D eigenvalue weighted by atomic mass is 16.2. The number of benzene rings is 2. The van der Waals surface area contributed by atoms with Crippen LogP contribution in [0.15, 0.2) is 48.5 Å². The Morgan fingerprint density at radius 2 is 0.964 bits per heavy atom. The minimum absolute atomic E-state index is 0.0457. The second-order valence-electron chi connectivity index (χ2n) is 8.92. The lowest BCUT2D eigenvalue weighted by Gasteiger charge is -2.20. The maximum atomic E-state index is 12.0. The first kappa shape index (κ1) is 18.3. The van der Waals surface area contributed by atoms with Crippen LogP contribution in [-0.4, -0.2) is 24.9 Å². The zero-order chi connectivity index (χ0) is 20.1. The van der Waals surface area contributed by atoms with E-state index in [0.29, 0.717) is 13.1 Å². The van der Waals surface area contributed by atoms with E-state index in [9.17, 15) is 9.59 Å². The highest BCUT2D eigenvalue weighted by Crippen LogP contribution is 2.31. The predicted octanol–water partition coefficient (Wildman–Crippen LogP) is 3.11. The molecule has 2 fully saturated rings. The second kappa shape index (κ2) is 6.26.